The van der Waals surface area contributed by atoms with Crippen molar-refractivity contribution < 1.29 is 14.7 Å². The average molecular weight is 461 g/mol. The van der Waals surface area contributed by atoms with E-state index in [-0.39, 0.29) is 11.4 Å². The molecule has 1 aliphatic rings. The van der Waals surface area contributed by atoms with Crippen LogP contribution < -0.4 is 5.32 Å². The van der Waals surface area contributed by atoms with E-state index < -0.39 is 11.4 Å². The Kier molecular flexibility index (Phi) is 6.32. The number of likely N-dealkylation sites (tertiary alicyclic amines) is 1. The van der Waals surface area contributed by atoms with E-state index in [1.807, 2.05) is 72.3 Å². The zero-order valence-electron chi connectivity index (χ0n) is 20.2. The molecule has 0 radical (unpaired) electrons. The van der Waals surface area contributed by atoms with Crippen molar-refractivity contribution in [2.45, 2.75) is 46.2 Å². The largest absolute Gasteiger partial charge is 0.481 e. The molecule has 7 heteroatoms. The molecule has 34 heavy (non-hydrogen) atoms. The van der Waals surface area contributed by atoms with Crippen molar-refractivity contribution in [2.75, 3.05) is 18.4 Å². The molecule has 0 aliphatic carbocycles. The van der Waals surface area contributed by atoms with Crippen LogP contribution in [-0.4, -0.2) is 44.8 Å². The first kappa shape index (κ1) is 23.7. The average Bonchev–Trinajstić information content (AvgIpc) is 3.24. The van der Waals surface area contributed by atoms with Crippen molar-refractivity contribution in [3.8, 4) is 11.3 Å². The molecule has 0 saturated carbocycles. The molecule has 2 N–H and O–H groups in total. The second-order valence-corrected chi connectivity index (χ2v) is 10.1. The van der Waals surface area contributed by atoms with Gasteiger partial charge in [-0.2, -0.15) is 5.10 Å². The quantitative estimate of drug-likeness (QED) is 0.526. The van der Waals surface area contributed by atoms with Gasteiger partial charge in [0.25, 0.3) is 5.91 Å². The number of rotatable bonds is 7. The molecule has 1 fully saturated rings. The predicted molar refractivity (Wildman–Crippen MR) is 133 cm³/mol. The van der Waals surface area contributed by atoms with Gasteiger partial charge >= 0.3 is 5.97 Å². The molecule has 0 unspecified atom stereocenters. The minimum absolute atomic E-state index is 0.259. The van der Waals surface area contributed by atoms with Crippen LogP contribution in [0.2, 0.25) is 0 Å². The van der Waals surface area contributed by atoms with Gasteiger partial charge in [0.2, 0.25) is 0 Å². The summed E-state index contributed by atoms with van der Waals surface area (Å²) >= 11 is 0. The highest BCUT2D eigenvalue weighted by Gasteiger charge is 2.47. The number of carboxylic acids is 1. The molecule has 2 heterocycles. The summed E-state index contributed by atoms with van der Waals surface area (Å²) in [7, 11) is 0. The summed E-state index contributed by atoms with van der Waals surface area (Å²) in [5.41, 5.74) is 3.15. The van der Waals surface area contributed by atoms with Crippen LogP contribution in [-0.2, 0) is 16.9 Å². The molecular weight excluding hydrogens is 428 g/mol. The first-order valence-electron chi connectivity index (χ1n) is 11.6. The summed E-state index contributed by atoms with van der Waals surface area (Å²) in [5.74, 6) is -0.974. The standard InChI is InChI=1S/C27H32N4O3/c1-5-27(25(33)34)17-30(18-27)16-19-11-13-21(14-12-19)28-24(32)22-15-23(20-9-7-6-8-10-20)31(29-22)26(2,3)4/h6-15H,5,16-18H2,1-4H3,(H,28,32)(H,33,34). The number of hydrogen-bond donors (Lipinski definition) is 2. The molecular formula is C27H32N4O3. The Hall–Kier alpha value is -3.45. The lowest BCUT2D eigenvalue weighted by atomic mass is 9.77. The van der Waals surface area contributed by atoms with Crippen LogP contribution in [0.1, 0.15) is 50.2 Å². The van der Waals surface area contributed by atoms with Crippen LogP contribution >= 0.6 is 0 Å². The fourth-order valence-corrected chi connectivity index (χ4v) is 4.40. The first-order valence-corrected chi connectivity index (χ1v) is 11.6. The van der Waals surface area contributed by atoms with Crippen LogP contribution in [0.15, 0.2) is 60.7 Å². The minimum atomic E-state index is -0.714. The second-order valence-electron chi connectivity index (χ2n) is 10.1. The molecule has 1 saturated heterocycles. The summed E-state index contributed by atoms with van der Waals surface area (Å²) < 4.78 is 1.89. The number of carboxylic acid groups (broad SMARTS) is 1. The van der Waals surface area contributed by atoms with Crippen molar-refractivity contribution in [2.24, 2.45) is 5.41 Å². The highest BCUT2D eigenvalue weighted by molar-refractivity contribution is 6.03. The van der Waals surface area contributed by atoms with Gasteiger partial charge in [-0.15, -0.1) is 0 Å². The van der Waals surface area contributed by atoms with E-state index in [1.165, 1.54) is 0 Å². The molecule has 1 amide bonds. The third-order valence-corrected chi connectivity index (χ3v) is 6.45. The Morgan fingerprint density at radius 3 is 2.26 bits per heavy atom. The lowest BCUT2D eigenvalue weighted by Crippen LogP contribution is -2.59. The molecule has 178 valence electrons. The highest BCUT2D eigenvalue weighted by Crippen LogP contribution is 2.35. The topological polar surface area (TPSA) is 87.5 Å². The molecule has 0 bridgehead atoms. The summed E-state index contributed by atoms with van der Waals surface area (Å²) in [6.45, 7) is 9.94. The minimum Gasteiger partial charge on any atom is -0.481 e. The van der Waals surface area contributed by atoms with Crippen molar-refractivity contribution in [3.05, 3.63) is 71.9 Å². The Balaban J connectivity index is 1.43. The molecule has 0 atom stereocenters. The molecule has 4 rings (SSSR count). The summed E-state index contributed by atoms with van der Waals surface area (Å²) in [4.78, 5) is 26.6. The number of carbonyl (C=O) groups is 2. The van der Waals surface area contributed by atoms with Gasteiger partial charge in [-0.05, 0) is 56.5 Å². The Morgan fingerprint density at radius 2 is 1.71 bits per heavy atom. The Labute approximate surface area is 200 Å². The van der Waals surface area contributed by atoms with E-state index in [0.29, 0.717) is 37.4 Å². The number of nitrogens with one attached hydrogen (secondary N) is 1. The normalized spacial score (nSPS) is 15.5. The van der Waals surface area contributed by atoms with Crippen molar-refractivity contribution >= 4 is 17.6 Å². The summed E-state index contributed by atoms with van der Waals surface area (Å²) in [5, 5.41) is 17.0. The van der Waals surface area contributed by atoms with E-state index in [0.717, 1.165) is 16.8 Å². The fourth-order valence-electron chi connectivity index (χ4n) is 4.40. The lowest BCUT2D eigenvalue weighted by Gasteiger charge is -2.46. The van der Waals surface area contributed by atoms with E-state index in [9.17, 15) is 14.7 Å². The molecule has 7 nitrogen and oxygen atoms in total. The predicted octanol–water partition coefficient (Wildman–Crippen LogP) is 4.85. The fraction of sp³-hybridized carbons (Fsp3) is 0.370. The van der Waals surface area contributed by atoms with Crippen LogP contribution in [0.25, 0.3) is 11.3 Å². The van der Waals surface area contributed by atoms with Gasteiger partial charge in [0.15, 0.2) is 5.69 Å². The smallest absolute Gasteiger partial charge is 0.312 e. The zero-order valence-corrected chi connectivity index (χ0v) is 20.2. The number of amides is 1. The van der Waals surface area contributed by atoms with Crippen molar-refractivity contribution in [1.29, 1.82) is 0 Å². The zero-order chi connectivity index (χ0) is 24.5. The first-order chi connectivity index (χ1) is 16.1. The molecule has 1 aromatic heterocycles. The van der Waals surface area contributed by atoms with Gasteiger partial charge < -0.3 is 10.4 Å². The number of aromatic nitrogens is 2. The molecule has 2 aromatic carbocycles. The molecule has 3 aromatic rings. The number of aliphatic carboxylic acids is 1. The van der Waals surface area contributed by atoms with Gasteiger partial charge in [0.1, 0.15) is 0 Å². The second kappa shape index (κ2) is 9.06. The van der Waals surface area contributed by atoms with E-state index in [2.05, 4.69) is 36.1 Å². The number of benzene rings is 2. The van der Waals surface area contributed by atoms with E-state index in [1.54, 1.807) is 0 Å². The van der Waals surface area contributed by atoms with Gasteiger partial charge in [-0.3, -0.25) is 19.2 Å². The maximum Gasteiger partial charge on any atom is 0.312 e. The Bertz CT molecular complexity index is 1170. The maximum absolute atomic E-state index is 13.0. The van der Waals surface area contributed by atoms with E-state index in [4.69, 9.17) is 0 Å². The van der Waals surface area contributed by atoms with Crippen LogP contribution in [0, 0.1) is 5.41 Å². The lowest BCUT2D eigenvalue weighted by molar-refractivity contribution is -0.161. The third-order valence-electron chi connectivity index (χ3n) is 6.45. The number of carbonyl (C=O) groups excluding carboxylic acids is 1. The summed E-state index contributed by atoms with van der Waals surface area (Å²) in [6, 6.07) is 19.4. The highest BCUT2D eigenvalue weighted by atomic mass is 16.4. The summed E-state index contributed by atoms with van der Waals surface area (Å²) in [6.07, 6.45) is 0.640. The third kappa shape index (κ3) is 4.75. The van der Waals surface area contributed by atoms with Crippen molar-refractivity contribution in [1.82, 2.24) is 14.7 Å². The number of nitrogens with zero attached hydrogens (tertiary/aromatic N) is 3. The van der Waals surface area contributed by atoms with Crippen molar-refractivity contribution in [3.63, 3.8) is 0 Å². The van der Waals surface area contributed by atoms with Gasteiger partial charge in [0, 0.05) is 25.3 Å². The van der Waals surface area contributed by atoms with Gasteiger partial charge in [-0.1, -0.05) is 49.4 Å². The number of anilines is 1. The monoisotopic (exact) mass is 460 g/mol. The van der Waals surface area contributed by atoms with E-state index >= 15 is 0 Å². The van der Waals surface area contributed by atoms with Gasteiger partial charge in [-0.25, -0.2) is 0 Å². The maximum atomic E-state index is 13.0. The Morgan fingerprint density at radius 1 is 1.06 bits per heavy atom. The van der Waals surface area contributed by atoms with Crippen LogP contribution in [0.4, 0.5) is 5.69 Å². The van der Waals surface area contributed by atoms with Gasteiger partial charge in [0.05, 0.1) is 16.6 Å². The van der Waals surface area contributed by atoms with Crippen LogP contribution in [0.5, 0.6) is 0 Å². The number of hydrogen-bond acceptors (Lipinski definition) is 4. The SMILES string of the molecule is CCC1(C(=O)O)CN(Cc2ccc(NC(=O)c3cc(-c4ccccc4)n(C(C)(C)C)n3)cc2)C1. The van der Waals surface area contributed by atoms with Crippen LogP contribution in [0.3, 0.4) is 0 Å². The molecule has 0 spiro atoms. The molecule has 1 aliphatic heterocycles.